The Morgan fingerprint density at radius 1 is 1.39 bits per heavy atom. The summed E-state index contributed by atoms with van der Waals surface area (Å²) in [5.74, 6) is 0.150. The van der Waals surface area contributed by atoms with Crippen LogP contribution in [0.3, 0.4) is 0 Å². The lowest BCUT2D eigenvalue weighted by Crippen LogP contribution is -2.58. The first-order chi connectivity index (χ1) is 13.3. The van der Waals surface area contributed by atoms with E-state index in [2.05, 4.69) is 11.9 Å². The van der Waals surface area contributed by atoms with Gasteiger partial charge in [-0.1, -0.05) is 13.8 Å². The number of aliphatic hydroxyl groups excluding tert-OH is 2. The second kappa shape index (κ2) is 7.23. The third-order valence-corrected chi connectivity index (χ3v) is 8.58. The molecular weight excluding hydrogens is 378 g/mol. The number of nitrogens with zero attached hydrogens (tertiary/aromatic N) is 2. The fourth-order valence-corrected chi connectivity index (χ4v) is 6.72. The molecule has 2 fully saturated rings. The van der Waals surface area contributed by atoms with Crippen LogP contribution in [0.15, 0.2) is 0 Å². The van der Waals surface area contributed by atoms with Gasteiger partial charge in [-0.25, -0.2) is 4.98 Å². The molecule has 4 rings (SSSR count). The Hall–Kier alpha value is -1.22. The maximum atomic E-state index is 13.1. The van der Waals surface area contributed by atoms with E-state index in [9.17, 15) is 15.0 Å². The Bertz CT molecular complexity index is 750. The van der Waals surface area contributed by atoms with Crippen LogP contribution in [0.4, 0.5) is 5.13 Å². The van der Waals surface area contributed by atoms with Crippen LogP contribution >= 0.6 is 11.3 Å². The summed E-state index contributed by atoms with van der Waals surface area (Å²) in [6.07, 6.45) is 2.03. The lowest BCUT2D eigenvalue weighted by atomic mass is 9.47. The standard InChI is InChI=1S/C20H31N3O4S/c1-19-4-3-15(25)20(2,11-24)14(19)10-13-17(22-18(21)28-13)12(19)9-16(26)23-5-7-27-8-6-23/h12,14-15,24-25H,3-11H2,1-2H3,(H2,21,22)/t12-,14+,15-,19+,20+/m1/s1. The van der Waals surface area contributed by atoms with Gasteiger partial charge in [0.15, 0.2) is 5.13 Å². The Labute approximate surface area is 169 Å². The predicted molar refractivity (Wildman–Crippen MR) is 107 cm³/mol. The molecule has 4 N–H and O–H groups in total. The summed E-state index contributed by atoms with van der Waals surface area (Å²) in [7, 11) is 0. The number of morpholine rings is 1. The summed E-state index contributed by atoms with van der Waals surface area (Å²) in [4.78, 5) is 20.7. The number of hydrogen-bond acceptors (Lipinski definition) is 7. The van der Waals surface area contributed by atoms with Crippen LogP contribution in [-0.2, 0) is 16.0 Å². The van der Waals surface area contributed by atoms with Gasteiger partial charge in [0.25, 0.3) is 0 Å². The summed E-state index contributed by atoms with van der Waals surface area (Å²) in [5, 5.41) is 21.5. The molecule has 0 aromatic carbocycles. The number of anilines is 1. The largest absolute Gasteiger partial charge is 0.396 e. The first kappa shape index (κ1) is 20.1. The van der Waals surface area contributed by atoms with Crippen LogP contribution in [0.1, 0.15) is 49.6 Å². The van der Waals surface area contributed by atoms with Crippen molar-refractivity contribution in [1.82, 2.24) is 9.88 Å². The fourth-order valence-electron chi connectivity index (χ4n) is 5.78. The highest BCUT2D eigenvalue weighted by atomic mass is 32.1. The Morgan fingerprint density at radius 3 is 2.79 bits per heavy atom. The summed E-state index contributed by atoms with van der Waals surface area (Å²) in [6, 6.07) is 0. The molecule has 28 heavy (non-hydrogen) atoms. The third-order valence-electron chi connectivity index (χ3n) is 7.65. The van der Waals surface area contributed by atoms with Gasteiger partial charge in [0.2, 0.25) is 5.91 Å². The van der Waals surface area contributed by atoms with E-state index < -0.39 is 11.5 Å². The van der Waals surface area contributed by atoms with Gasteiger partial charge in [-0.3, -0.25) is 4.79 Å². The first-order valence-electron chi connectivity index (χ1n) is 10.2. The van der Waals surface area contributed by atoms with Crippen molar-refractivity contribution in [1.29, 1.82) is 0 Å². The second-order valence-electron chi connectivity index (χ2n) is 9.09. The van der Waals surface area contributed by atoms with Crippen LogP contribution in [0.5, 0.6) is 0 Å². The van der Waals surface area contributed by atoms with Crippen molar-refractivity contribution in [2.45, 2.75) is 51.6 Å². The molecule has 0 spiro atoms. The monoisotopic (exact) mass is 409 g/mol. The van der Waals surface area contributed by atoms with Gasteiger partial charge in [0.05, 0.1) is 31.6 Å². The average molecular weight is 410 g/mol. The van der Waals surface area contributed by atoms with E-state index in [-0.39, 0.29) is 29.8 Å². The highest BCUT2D eigenvalue weighted by molar-refractivity contribution is 7.15. The Kier molecular flexibility index (Phi) is 5.18. The van der Waals surface area contributed by atoms with Crippen LogP contribution in [0, 0.1) is 16.7 Å². The van der Waals surface area contributed by atoms with Gasteiger partial charge >= 0.3 is 0 Å². The maximum absolute atomic E-state index is 13.1. The predicted octanol–water partition coefficient (Wildman–Crippen LogP) is 1.39. The quantitative estimate of drug-likeness (QED) is 0.696. The number of nitrogen functional groups attached to an aromatic ring is 1. The molecular formula is C20H31N3O4S. The average Bonchev–Trinajstić information content (AvgIpc) is 3.07. The number of carbonyl (C=O) groups is 1. The zero-order valence-electron chi connectivity index (χ0n) is 16.7. The van der Waals surface area contributed by atoms with Gasteiger partial charge in [-0.05, 0) is 30.6 Å². The molecule has 1 aromatic heterocycles. The molecule has 1 aromatic rings. The summed E-state index contributed by atoms with van der Waals surface area (Å²) in [5.41, 5.74) is 6.20. The van der Waals surface area contributed by atoms with Gasteiger partial charge in [0.1, 0.15) is 0 Å². The number of aromatic nitrogens is 1. The van der Waals surface area contributed by atoms with E-state index >= 15 is 0 Å². The van der Waals surface area contributed by atoms with Crippen molar-refractivity contribution in [3.63, 3.8) is 0 Å². The zero-order valence-corrected chi connectivity index (χ0v) is 17.5. The molecule has 2 aliphatic carbocycles. The number of carbonyl (C=O) groups excluding carboxylic acids is 1. The third kappa shape index (κ3) is 3.05. The van der Waals surface area contributed by atoms with Gasteiger partial charge in [-0.15, -0.1) is 11.3 Å². The number of hydrogen-bond donors (Lipinski definition) is 3. The molecule has 1 saturated heterocycles. The number of aliphatic hydroxyl groups is 2. The molecule has 3 aliphatic rings. The molecule has 1 saturated carbocycles. The van der Waals surface area contributed by atoms with Crippen molar-refractivity contribution in [3.05, 3.63) is 10.6 Å². The topological polar surface area (TPSA) is 109 Å². The molecule has 1 aliphatic heterocycles. The van der Waals surface area contributed by atoms with Crippen molar-refractivity contribution < 1.29 is 19.7 Å². The molecule has 5 atom stereocenters. The van der Waals surface area contributed by atoms with Crippen molar-refractivity contribution >= 4 is 22.4 Å². The molecule has 156 valence electrons. The van der Waals surface area contributed by atoms with E-state index in [1.807, 2.05) is 11.8 Å². The summed E-state index contributed by atoms with van der Waals surface area (Å²) < 4.78 is 5.38. The fraction of sp³-hybridized carbons (Fsp3) is 0.800. The van der Waals surface area contributed by atoms with Crippen molar-refractivity contribution in [2.24, 2.45) is 16.7 Å². The SMILES string of the molecule is C[C@]1(CO)[C@H]2Cc3sc(N)nc3[C@@H](CC(=O)N3CCOCC3)[C@]2(C)CC[C@H]1O. The minimum Gasteiger partial charge on any atom is -0.396 e. The number of thiazole rings is 1. The van der Waals surface area contributed by atoms with E-state index in [1.54, 1.807) is 0 Å². The molecule has 8 heteroatoms. The lowest BCUT2D eigenvalue weighted by molar-refractivity contribution is -0.149. The minimum atomic E-state index is -0.594. The molecule has 1 amide bonds. The van der Waals surface area contributed by atoms with E-state index in [1.165, 1.54) is 11.3 Å². The van der Waals surface area contributed by atoms with Crippen molar-refractivity contribution in [3.8, 4) is 0 Å². The first-order valence-corrected chi connectivity index (χ1v) is 11.0. The molecule has 0 radical (unpaired) electrons. The number of nitrogens with two attached hydrogens (primary N) is 1. The lowest BCUT2D eigenvalue weighted by Gasteiger charge is -2.58. The van der Waals surface area contributed by atoms with Crippen LogP contribution in [0.25, 0.3) is 0 Å². The molecule has 7 nitrogen and oxygen atoms in total. The number of ether oxygens (including phenoxy) is 1. The Morgan fingerprint density at radius 2 is 2.11 bits per heavy atom. The normalized spacial score (nSPS) is 38.0. The van der Waals surface area contributed by atoms with Gasteiger partial charge < -0.3 is 25.6 Å². The van der Waals surface area contributed by atoms with Crippen LogP contribution in [-0.4, -0.2) is 65.0 Å². The van der Waals surface area contributed by atoms with Crippen LogP contribution in [0.2, 0.25) is 0 Å². The molecule has 0 unspecified atom stereocenters. The van der Waals surface area contributed by atoms with E-state index in [0.717, 1.165) is 23.4 Å². The summed E-state index contributed by atoms with van der Waals surface area (Å²) in [6.45, 7) is 6.56. The number of amides is 1. The van der Waals surface area contributed by atoms with E-state index in [4.69, 9.17) is 10.5 Å². The highest BCUT2D eigenvalue weighted by Crippen LogP contribution is 2.62. The van der Waals surface area contributed by atoms with Crippen LogP contribution < -0.4 is 5.73 Å². The number of fused-ring (bicyclic) bond motifs is 2. The maximum Gasteiger partial charge on any atom is 0.223 e. The Balaban J connectivity index is 1.71. The molecule has 0 bridgehead atoms. The zero-order chi connectivity index (χ0) is 20.1. The second-order valence-corrected chi connectivity index (χ2v) is 10.2. The van der Waals surface area contributed by atoms with Gasteiger partial charge in [0, 0.05) is 35.7 Å². The van der Waals surface area contributed by atoms with Crippen molar-refractivity contribution in [2.75, 3.05) is 38.6 Å². The minimum absolute atomic E-state index is 0.0523. The highest BCUT2D eigenvalue weighted by Gasteiger charge is 2.59. The smallest absolute Gasteiger partial charge is 0.223 e. The van der Waals surface area contributed by atoms with Gasteiger partial charge in [-0.2, -0.15) is 0 Å². The summed E-state index contributed by atoms with van der Waals surface area (Å²) >= 11 is 1.48. The molecule has 2 heterocycles. The van der Waals surface area contributed by atoms with E-state index in [0.29, 0.717) is 44.3 Å². The number of rotatable bonds is 3.